The number of halogens is 1. The molecule has 0 aliphatic carbocycles. The van der Waals surface area contributed by atoms with Crippen molar-refractivity contribution < 1.29 is 13.9 Å². The van der Waals surface area contributed by atoms with E-state index in [-0.39, 0.29) is 28.8 Å². The van der Waals surface area contributed by atoms with Crippen LogP contribution < -0.4 is 10.6 Å². The van der Waals surface area contributed by atoms with Crippen molar-refractivity contribution in [3.63, 3.8) is 0 Å². The van der Waals surface area contributed by atoms with Crippen LogP contribution in [0.3, 0.4) is 0 Å². The molecule has 0 saturated carbocycles. The van der Waals surface area contributed by atoms with Crippen LogP contribution in [0.5, 0.6) is 0 Å². The quantitative estimate of drug-likeness (QED) is 0.759. The summed E-state index contributed by atoms with van der Waals surface area (Å²) in [6, 6.07) is 6.34. The Morgan fingerprint density at radius 2 is 2.07 bits per heavy atom. The molecule has 7 nitrogen and oxygen atoms in total. The number of nitrogens with zero attached hydrogens (tertiary/aromatic N) is 3. The molecule has 2 aromatic rings. The van der Waals surface area contributed by atoms with E-state index in [2.05, 4.69) is 20.7 Å². The van der Waals surface area contributed by atoms with Gasteiger partial charge in [-0.1, -0.05) is 26.0 Å². The number of piperidine rings is 1. The van der Waals surface area contributed by atoms with Crippen LogP contribution in [-0.2, 0) is 4.74 Å². The molecule has 0 spiro atoms. The van der Waals surface area contributed by atoms with Gasteiger partial charge in [-0.25, -0.2) is 14.1 Å². The molecule has 1 saturated heterocycles. The van der Waals surface area contributed by atoms with E-state index in [0.717, 1.165) is 25.9 Å². The molecule has 0 atom stereocenters. The molecule has 0 bridgehead atoms. The van der Waals surface area contributed by atoms with E-state index < -0.39 is 5.82 Å². The van der Waals surface area contributed by atoms with Crippen molar-refractivity contribution in [1.29, 1.82) is 0 Å². The summed E-state index contributed by atoms with van der Waals surface area (Å²) < 4.78 is 21.1. The molecule has 3 rings (SSSR count). The third kappa shape index (κ3) is 4.39. The van der Waals surface area contributed by atoms with Gasteiger partial charge in [0.25, 0.3) is 5.91 Å². The number of carbonyl (C=O) groups excluding carboxylic acids is 1. The minimum Gasteiger partial charge on any atom is -0.384 e. The lowest BCUT2D eigenvalue weighted by molar-refractivity contribution is 0.0509. The van der Waals surface area contributed by atoms with Gasteiger partial charge in [0, 0.05) is 25.0 Å². The Morgan fingerprint density at radius 3 is 2.71 bits per heavy atom. The molecule has 1 aliphatic rings. The molecule has 0 radical (unpaired) electrons. The normalized spacial score (nSPS) is 16.3. The standard InChI is InChI=1S/C20H28FN5O2/c1-14(2)18-24-17(25-26(18)16-7-5-4-6-15(16)21)19(27)23-12-20(13-28-3)8-10-22-11-9-20/h4-7,14,22H,8-13H2,1-3H3,(H,23,27). The minimum absolute atomic E-state index is 0.0158. The number of nitrogens with one attached hydrogen (secondary N) is 2. The molecule has 1 aromatic heterocycles. The number of hydrogen-bond acceptors (Lipinski definition) is 5. The maximum Gasteiger partial charge on any atom is 0.291 e. The highest BCUT2D eigenvalue weighted by Crippen LogP contribution is 2.28. The Hall–Kier alpha value is -2.32. The zero-order valence-electron chi connectivity index (χ0n) is 16.7. The van der Waals surface area contributed by atoms with E-state index in [1.807, 2.05) is 13.8 Å². The van der Waals surface area contributed by atoms with Crippen LogP contribution in [0, 0.1) is 11.2 Å². The summed E-state index contributed by atoms with van der Waals surface area (Å²) in [5.41, 5.74) is 0.192. The van der Waals surface area contributed by atoms with Crippen molar-refractivity contribution in [3.8, 4) is 5.69 Å². The van der Waals surface area contributed by atoms with Crippen molar-refractivity contribution >= 4 is 5.91 Å². The molecule has 2 heterocycles. The van der Waals surface area contributed by atoms with Crippen molar-refractivity contribution in [2.24, 2.45) is 5.41 Å². The second kappa shape index (κ2) is 8.79. The Labute approximate surface area is 164 Å². The number of benzene rings is 1. The lowest BCUT2D eigenvalue weighted by Gasteiger charge is -2.37. The highest BCUT2D eigenvalue weighted by atomic mass is 19.1. The molecule has 2 N–H and O–H groups in total. The fourth-order valence-electron chi connectivity index (χ4n) is 3.58. The maximum absolute atomic E-state index is 14.2. The zero-order chi connectivity index (χ0) is 20.1. The molecular weight excluding hydrogens is 361 g/mol. The monoisotopic (exact) mass is 389 g/mol. The highest BCUT2D eigenvalue weighted by molar-refractivity contribution is 5.90. The molecule has 28 heavy (non-hydrogen) atoms. The van der Waals surface area contributed by atoms with Crippen molar-refractivity contribution in [2.75, 3.05) is 33.4 Å². The van der Waals surface area contributed by atoms with Gasteiger partial charge in [0.05, 0.1) is 6.61 Å². The first-order valence-electron chi connectivity index (χ1n) is 9.65. The lowest BCUT2D eigenvalue weighted by Crippen LogP contribution is -2.47. The summed E-state index contributed by atoms with van der Waals surface area (Å²) in [4.78, 5) is 17.1. The van der Waals surface area contributed by atoms with Gasteiger partial charge in [-0.3, -0.25) is 4.79 Å². The summed E-state index contributed by atoms with van der Waals surface area (Å²) in [6.45, 7) is 6.75. The van der Waals surface area contributed by atoms with Crippen LogP contribution in [0.15, 0.2) is 24.3 Å². The van der Waals surface area contributed by atoms with E-state index in [1.165, 1.54) is 10.7 Å². The zero-order valence-corrected chi connectivity index (χ0v) is 16.7. The summed E-state index contributed by atoms with van der Waals surface area (Å²) in [5.74, 6) is -0.184. The van der Waals surface area contributed by atoms with Gasteiger partial charge in [-0.05, 0) is 38.1 Å². The Bertz CT molecular complexity index is 809. The van der Waals surface area contributed by atoms with Gasteiger partial charge in [0.1, 0.15) is 17.3 Å². The first kappa shape index (κ1) is 20.4. The van der Waals surface area contributed by atoms with Gasteiger partial charge in [-0.15, -0.1) is 5.10 Å². The van der Waals surface area contributed by atoms with E-state index in [0.29, 0.717) is 19.0 Å². The molecule has 8 heteroatoms. The van der Waals surface area contributed by atoms with Crippen LogP contribution in [0.25, 0.3) is 5.69 Å². The molecule has 1 aromatic carbocycles. The van der Waals surface area contributed by atoms with Gasteiger partial charge in [0.2, 0.25) is 5.82 Å². The number of ether oxygens (including phenoxy) is 1. The first-order chi connectivity index (χ1) is 13.5. The fourth-order valence-corrected chi connectivity index (χ4v) is 3.58. The smallest absolute Gasteiger partial charge is 0.291 e. The van der Waals surface area contributed by atoms with E-state index in [1.54, 1.807) is 25.3 Å². The number of methoxy groups -OCH3 is 1. The molecular formula is C20H28FN5O2. The van der Waals surface area contributed by atoms with Crippen LogP contribution >= 0.6 is 0 Å². The van der Waals surface area contributed by atoms with Crippen molar-refractivity contribution in [3.05, 3.63) is 41.7 Å². The summed E-state index contributed by atoms with van der Waals surface area (Å²) in [7, 11) is 1.68. The van der Waals surface area contributed by atoms with E-state index >= 15 is 0 Å². The number of hydrogen-bond donors (Lipinski definition) is 2. The second-order valence-corrected chi connectivity index (χ2v) is 7.68. The average molecular weight is 389 g/mol. The Morgan fingerprint density at radius 1 is 1.36 bits per heavy atom. The van der Waals surface area contributed by atoms with Gasteiger partial charge in [0.15, 0.2) is 0 Å². The molecule has 1 amide bonds. The predicted octanol–water partition coefficient (Wildman–Crippen LogP) is 2.28. The van der Waals surface area contributed by atoms with Crippen LogP contribution in [-0.4, -0.2) is 54.0 Å². The van der Waals surface area contributed by atoms with E-state index in [4.69, 9.17) is 4.74 Å². The molecule has 1 aliphatic heterocycles. The Kier molecular flexibility index (Phi) is 6.41. The number of para-hydroxylation sites is 1. The van der Waals surface area contributed by atoms with Crippen molar-refractivity contribution in [1.82, 2.24) is 25.4 Å². The minimum atomic E-state index is -0.407. The number of amides is 1. The van der Waals surface area contributed by atoms with Gasteiger partial charge in [-0.2, -0.15) is 0 Å². The lowest BCUT2D eigenvalue weighted by atomic mass is 9.79. The summed E-state index contributed by atoms with van der Waals surface area (Å²) in [5, 5.41) is 10.6. The van der Waals surface area contributed by atoms with Crippen LogP contribution in [0.1, 0.15) is 49.1 Å². The van der Waals surface area contributed by atoms with Crippen molar-refractivity contribution in [2.45, 2.75) is 32.6 Å². The first-order valence-corrected chi connectivity index (χ1v) is 9.65. The number of rotatable bonds is 7. The van der Waals surface area contributed by atoms with Crippen LogP contribution in [0.2, 0.25) is 0 Å². The largest absolute Gasteiger partial charge is 0.384 e. The third-order valence-corrected chi connectivity index (χ3v) is 5.17. The molecule has 0 unspecified atom stereocenters. The van der Waals surface area contributed by atoms with Gasteiger partial charge >= 0.3 is 0 Å². The number of carbonyl (C=O) groups is 1. The van der Waals surface area contributed by atoms with Gasteiger partial charge < -0.3 is 15.4 Å². The third-order valence-electron chi connectivity index (χ3n) is 5.17. The number of aromatic nitrogens is 3. The molecule has 152 valence electrons. The van der Waals surface area contributed by atoms with E-state index in [9.17, 15) is 9.18 Å². The topological polar surface area (TPSA) is 81.1 Å². The summed E-state index contributed by atoms with van der Waals surface area (Å²) >= 11 is 0. The maximum atomic E-state index is 14.2. The van der Waals surface area contributed by atoms with Crippen LogP contribution in [0.4, 0.5) is 4.39 Å². The summed E-state index contributed by atoms with van der Waals surface area (Å²) in [6.07, 6.45) is 1.85. The Balaban J connectivity index is 1.80. The molecule has 1 fully saturated rings. The average Bonchev–Trinajstić information content (AvgIpc) is 3.13. The fraction of sp³-hybridized carbons (Fsp3) is 0.550. The predicted molar refractivity (Wildman–Crippen MR) is 104 cm³/mol. The SMILES string of the molecule is COCC1(CNC(=O)c2nc(C(C)C)n(-c3ccccc3F)n2)CCNCC1. The highest BCUT2D eigenvalue weighted by Gasteiger charge is 2.33. The second-order valence-electron chi connectivity index (χ2n) is 7.68.